The van der Waals surface area contributed by atoms with Crippen LogP contribution in [0.15, 0.2) is 29.2 Å². The maximum atomic E-state index is 12.1. The average Bonchev–Trinajstić information content (AvgIpc) is 3.33. The molecule has 1 saturated carbocycles. The van der Waals surface area contributed by atoms with Crippen molar-refractivity contribution in [3.8, 4) is 0 Å². The van der Waals surface area contributed by atoms with Crippen molar-refractivity contribution < 1.29 is 17.9 Å². The highest BCUT2D eigenvalue weighted by Crippen LogP contribution is 2.49. The summed E-state index contributed by atoms with van der Waals surface area (Å²) in [6, 6.07) is 6.48. The molecule has 0 aliphatic heterocycles. The first kappa shape index (κ1) is 19.9. The molecular formula is C15H23ClN2O4S. The van der Waals surface area contributed by atoms with E-state index in [0.29, 0.717) is 6.54 Å². The number of carbonyl (C=O) groups is 1. The number of methoxy groups -OCH3 is 1. The molecule has 0 amide bonds. The third-order valence-corrected chi connectivity index (χ3v) is 5.42. The summed E-state index contributed by atoms with van der Waals surface area (Å²) < 4.78 is 31.7. The minimum atomic E-state index is -3.50. The van der Waals surface area contributed by atoms with E-state index in [1.54, 1.807) is 24.3 Å². The summed E-state index contributed by atoms with van der Waals surface area (Å²) in [6.45, 7) is 1.14. The summed E-state index contributed by atoms with van der Waals surface area (Å²) in [5.74, 6) is -0.256. The fourth-order valence-corrected chi connectivity index (χ4v) is 3.51. The van der Waals surface area contributed by atoms with Gasteiger partial charge in [0.1, 0.15) is 0 Å². The predicted octanol–water partition coefficient (Wildman–Crippen LogP) is 1.20. The van der Waals surface area contributed by atoms with Gasteiger partial charge in [-0.1, -0.05) is 12.1 Å². The van der Waals surface area contributed by atoms with Crippen LogP contribution in [0.5, 0.6) is 0 Å². The van der Waals surface area contributed by atoms with Gasteiger partial charge in [-0.15, -0.1) is 12.4 Å². The monoisotopic (exact) mass is 362 g/mol. The molecule has 1 aromatic rings. The van der Waals surface area contributed by atoms with Crippen LogP contribution in [0.25, 0.3) is 0 Å². The van der Waals surface area contributed by atoms with E-state index >= 15 is 0 Å². The number of nitrogens with one attached hydrogen (secondary N) is 2. The van der Waals surface area contributed by atoms with Crippen LogP contribution in [0.2, 0.25) is 0 Å². The number of benzene rings is 1. The number of carbonyl (C=O) groups excluding carboxylic acids is 1. The van der Waals surface area contributed by atoms with E-state index in [1.807, 2.05) is 7.05 Å². The molecule has 0 bridgehead atoms. The molecule has 0 heterocycles. The number of ether oxygens (including phenoxy) is 1. The number of esters is 1. The smallest absolute Gasteiger partial charge is 0.316 e. The third kappa shape index (κ3) is 4.44. The Kier molecular flexibility index (Phi) is 7.01. The van der Waals surface area contributed by atoms with Crippen LogP contribution in [-0.2, 0) is 25.0 Å². The molecule has 0 unspecified atom stereocenters. The van der Waals surface area contributed by atoms with Crippen molar-refractivity contribution in [1.29, 1.82) is 0 Å². The number of hydrogen-bond acceptors (Lipinski definition) is 5. The Morgan fingerprint density at radius 2 is 1.83 bits per heavy atom. The molecule has 0 saturated heterocycles. The zero-order valence-electron chi connectivity index (χ0n) is 13.3. The molecule has 2 rings (SSSR count). The minimum Gasteiger partial charge on any atom is -0.468 e. The highest BCUT2D eigenvalue weighted by atomic mass is 35.5. The van der Waals surface area contributed by atoms with Crippen molar-refractivity contribution in [3.63, 3.8) is 0 Å². The van der Waals surface area contributed by atoms with Gasteiger partial charge < -0.3 is 10.1 Å². The quantitative estimate of drug-likeness (QED) is 0.536. The second-order valence-corrected chi connectivity index (χ2v) is 7.22. The van der Waals surface area contributed by atoms with Gasteiger partial charge in [-0.25, -0.2) is 13.1 Å². The Labute approximate surface area is 143 Å². The Hall–Kier alpha value is -1.15. The Balaban J connectivity index is 0.00000264. The summed E-state index contributed by atoms with van der Waals surface area (Å²) in [5, 5.41) is 2.96. The first-order chi connectivity index (χ1) is 10.5. The van der Waals surface area contributed by atoms with Gasteiger partial charge in [0.25, 0.3) is 0 Å². The molecule has 1 aliphatic carbocycles. The second-order valence-electron chi connectivity index (χ2n) is 5.45. The summed E-state index contributed by atoms with van der Waals surface area (Å²) in [6.07, 6.45) is 2.21. The van der Waals surface area contributed by atoms with Crippen molar-refractivity contribution >= 4 is 28.4 Å². The fourth-order valence-electron chi connectivity index (χ4n) is 2.44. The van der Waals surface area contributed by atoms with Crippen LogP contribution < -0.4 is 10.0 Å². The topological polar surface area (TPSA) is 84.5 Å². The van der Waals surface area contributed by atoms with Crippen LogP contribution in [0, 0.1) is 0 Å². The SMILES string of the molecule is CNCCCNS(=O)(=O)c1ccc(C2(C(=O)OC)CC2)cc1.Cl. The molecule has 1 aromatic carbocycles. The van der Waals surface area contributed by atoms with Gasteiger partial charge in [0, 0.05) is 6.54 Å². The molecule has 1 fully saturated rings. The van der Waals surface area contributed by atoms with E-state index in [0.717, 1.165) is 31.4 Å². The van der Waals surface area contributed by atoms with E-state index in [1.165, 1.54) is 7.11 Å². The first-order valence-corrected chi connectivity index (χ1v) is 8.78. The van der Waals surface area contributed by atoms with Gasteiger partial charge in [0.15, 0.2) is 0 Å². The van der Waals surface area contributed by atoms with Gasteiger partial charge in [-0.05, 0) is 50.6 Å². The average molecular weight is 363 g/mol. The molecule has 6 nitrogen and oxygen atoms in total. The summed E-state index contributed by atoms with van der Waals surface area (Å²) in [4.78, 5) is 12.0. The molecule has 23 heavy (non-hydrogen) atoms. The molecular weight excluding hydrogens is 340 g/mol. The molecule has 130 valence electrons. The maximum Gasteiger partial charge on any atom is 0.316 e. The number of rotatable bonds is 8. The van der Waals surface area contributed by atoms with E-state index < -0.39 is 15.4 Å². The molecule has 0 atom stereocenters. The summed E-state index contributed by atoms with van der Waals surface area (Å²) in [7, 11) is -0.309. The van der Waals surface area contributed by atoms with Gasteiger partial charge in [0.05, 0.1) is 17.4 Å². The standard InChI is InChI=1S/C15H22N2O4S.ClH/c1-16-10-3-11-17-22(19,20)13-6-4-12(5-7-13)15(8-9-15)14(18)21-2;/h4-7,16-17H,3,8-11H2,1-2H3;1H. The largest absolute Gasteiger partial charge is 0.468 e. The normalized spacial score (nSPS) is 15.6. The highest BCUT2D eigenvalue weighted by Gasteiger charge is 2.52. The van der Waals surface area contributed by atoms with Crippen molar-refractivity contribution in [3.05, 3.63) is 29.8 Å². The van der Waals surface area contributed by atoms with Crippen LogP contribution in [-0.4, -0.2) is 41.6 Å². The molecule has 2 N–H and O–H groups in total. The van der Waals surface area contributed by atoms with Crippen molar-refractivity contribution in [2.75, 3.05) is 27.2 Å². The van der Waals surface area contributed by atoms with Crippen LogP contribution in [0.1, 0.15) is 24.8 Å². The van der Waals surface area contributed by atoms with E-state index in [2.05, 4.69) is 10.0 Å². The van der Waals surface area contributed by atoms with Crippen molar-refractivity contribution in [2.24, 2.45) is 0 Å². The van der Waals surface area contributed by atoms with Crippen molar-refractivity contribution in [1.82, 2.24) is 10.0 Å². The third-order valence-electron chi connectivity index (χ3n) is 3.94. The second kappa shape index (κ2) is 8.10. The summed E-state index contributed by atoms with van der Waals surface area (Å²) >= 11 is 0. The van der Waals surface area contributed by atoms with E-state index in [4.69, 9.17) is 4.74 Å². The van der Waals surface area contributed by atoms with Crippen molar-refractivity contribution in [2.45, 2.75) is 29.6 Å². The zero-order chi connectivity index (χ0) is 16.2. The number of hydrogen-bond donors (Lipinski definition) is 2. The Morgan fingerprint density at radius 1 is 1.22 bits per heavy atom. The molecule has 0 spiro atoms. The Bertz CT molecular complexity index is 627. The van der Waals surface area contributed by atoms with Crippen LogP contribution in [0.4, 0.5) is 0 Å². The molecule has 1 aliphatic rings. The lowest BCUT2D eigenvalue weighted by Gasteiger charge is -2.13. The van der Waals surface area contributed by atoms with Crippen LogP contribution in [0.3, 0.4) is 0 Å². The number of halogens is 1. The van der Waals surface area contributed by atoms with Crippen LogP contribution >= 0.6 is 12.4 Å². The lowest BCUT2D eigenvalue weighted by Crippen LogP contribution is -2.27. The van der Waals surface area contributed by atoms with Gasteiger partial charge >= 0.3 is 5.97 Å². The van der Waals surface area contributed by atoms with Gasteiger partial charge in [-0.3, -0.25) is 4.79 Å². The van der Waals surface area contributed by atoms with Gasteiger partial charge in [0.2, 0.25) is 10.0 Å². The highest BCUT2D eigenvalue weighted by molar-refractivity contribution is 7.89. The number of sulfonamides is 1. The minimum absolute atomic E-state index is 0. The molecule has 8 heteroatoms. The van der Waals surface area contributed by atoms with Gasteiger partial charge in [-0.2, -0.15) is 0 Å². The first-order valence-electron chi connectivity index (χ1n) is 7.29. The Morgan fingerprint density at radius 3 is 2.30 bits per heavy atom. The van der Waals surface area contributed by atoms with E-state index in [-0.39, 0.29) is 23.3 Å². The summed E-state index contributed by atoms with van der Waals surface area (Å²) in [5.41, 5.74) is 0.241. The zero-order valence-corrected chi connectivity index (χ0v) is 14.9. The van der Waals surface area contributed by atoms with E-state index in [9.17, 15) is 13.2 Å². The molecule has 0 radical (unpaired) electrons. The maximum absolute atomic E-state index is 12.1. The fraction of sp³-hybridized carbons (Fsp3) is 0.533. The molecule has 0 aromatic heterocycles. The lowest BCUT2D eigenvalue weighted by molar-refractivity contribution is -0.143. The predicted molar refractivity (Wildman–Crippen MR) is 90.4 cm³/mol. The lowest BCUT2D eigenvalue weighted by atomic mass is 9.96.